The van der Waals surface area contributed by atoms with Crippen molar-refractivity contribution in [3.8, 4) is 5.75 Å². The zero-order valence-electron chi connectivity index (χ0n) is 25.7. The van der Waals surface area contributed by atoms with Crippen LogP contribution in [0, 0.1) is 11.8 Å². The van der Waals surface area contributed by atoms with Gasteiger partial charge in [0, 0.05) is 30.2 Å². The van der Waals surface area contributed by atoms with Gasteiger partial charge in [0.1, 0.15) is 18.4 Å². The van der Waals surface area contributed by atoms with E-state index in [-0.39, 0.29) is 18.4 Å². The highest BCUT2D eigenvalue weighted by Crippen LogP contribution is 2.28. The van der Waals surface area contributed by atoms with Gasteiger partial charge in [0.25, 0.3) is 5.91 Å². The molecule has 0 bridgehead atoms. The molecule has 44 heavy (non-hydrogen) atoms. The Hall–Kier alpha value is -4.38. The van der Waals surface area contributed by atoms with Gasteiger partial charge >= 0.3 is 12.1 Å². The number of alkyl carbamates (subject to hydrolysis) is 1. The topological polar surface area (TPSA) is 151 Å². The Bertz CT molecular complexity index is 1440. The Morgan fingerprint density at radius 2 is 1.70 bits per heavy atom. The third-order valence-electron chi connectivity index (χ3n) is 7.18. The summed E-state index contributed by atoms with van der Waals surface area (Å²) in [5.41, 5.74) is 2.67. The van der Waals surface area contributed by atoms with Crippen LogP contribution in [-0.4, -0.2) is 60.2 Å². The molecule has 3 aromatic rings. The first-order valence-corrected chi connectivity index (χ1v) is 15.1. The quantitative estimate of drug-likeness (QED) is 0.116. The van der Waals surface area contributed by atoms with E-state index in [2.05, 4.69) is 34.8 Å². The van der Waals surface area contributed by atoms with Crippen LogP contribution in [-0.2, 0) is 36.9 Å². The second-order valence-electron chi connectivity index (χ2n) is 11.8. The van der Waals surface area contributed by atoms with E-state index >= 15 is 0 Å². The molecule has 4 N–H and O–H groups in total. The number of rotatable bonds is 15. The monoisotopic (exact) mass is 606 g/mol. The summed E-state index contributed by atoms with van der Waals surface area (Å²) in [6.45, 7) is 9.16. The number of nitrogens with one attached hydrogen (secondary N) is 4. The van der Waals surface area contributed by atoms with E-state index in [4.69, 9.17) is 14.2 Å². The molecule has 0 radical (unpaired) electrons. The summed E-state index contributed by atoms with van der Waals surface area (Å²) < 4.78 is 16.1. The highest BCUT2D eigenvalue weighted by Gasteiger charge is 2.52. The number of hydrogen-bond acceptors (Lipinski definition) is 7. The zero-order chi connectivity index (χ0) is 31.6. The molecule has 4 rings (SSSR count). The van der Waals surface area contributed by atoms with Gasteiger partial charge < -0.3 is 35.1 Å². The normalized spacial score (nSPS) is 16.4. The van der Waals surface area contributed by atoms with Gasteiger partial charge in [-0.25, -0.2) is 9.59 Å². The van der Waals surface area contributed by atoms with Gasteiger partial charge in [-0.1, -0.05) is 58.0 Å². The Morgan fingerprint density at radius 3 is 2.43 bits per heavy atom. The molecule has 1 saturated heterocycles. The van der Waals surface area contributed by atoms with E-state index in [0.717, 1.165) is 28.5 Å². The van der Waals surface area contributed by atoms with Gasteiger partial charge in [-0.05, 0) is 60.4 Å². The molecule has 0 aliphatic carbocycles. The lowest BCUT2D eigenvalue weighted by molar-refractivity contribution is -0.136. The standard InChI is InChI=1S/C33H42N4O7/c1-20(2)12-14-34-30(38)27(16-21(3)4)37-31(39)28-29(44-28)32(40)43-24-10-11-26-25(17-24)23(18-36-26)13-15-35-33(41)42-19-22-8-6-5-7-9-22/h5-11,17-18,20-21,27-29,36H,12-16,19H2,1-4H3,(H,34,38)(H,35,41)(H,37,39)/t27-,28-,29-/m0/s1. The first kappa shape index (κ1) is 32.5. The summed E-state index contributed by atoms with van der Waals surface area (Å²) in [5, 5.41) is 9.20. The van der Waals surface area contributed by atoms with E-state index in [9.17, 15) is 19.2 Å². The number of H-pyrrole nitrogens is 1. The first-order chi connectivity index (χ1) is 21.1. The van der Waals surface area contributed by atoms with E-state index in [1.807, 2.05) is 50.4 Å². The van der Waals surface area contributed by atoms with Gasteiger partial charge in [-0.3, -0.25) is 9.59 Å². The molecule has 1 aliphatic heterocycles. The highest BCUT2D eigenvalue weighted by molar-refractivity contribution is 5.96. The van der Waals surface area contributed by atoms with Crippen molar-refractivity contribution in [3.63, 3.8) is 0 Å². The van der Waals surface area contributed by atoms with Crippen molar-refractivity contribution in [2.24, 2.45) is 11.8 Å². The molecule has 236 valence electrons. The molecule has 2 heterocycles. The molecule has 1 aromatic heterocycles. The fraction of sp³-hybridized carbons (Fsp3) is 0.455. The van der Waals surface area contributed by atoms with Crippen LogP contribution in [0.4, 0.5) is 4.79 Å². The lowest BCUT2D eigenvalue weighted by Crippen LogP contribution is -2.49. The SMILES string of the molecule is CC(C)CCNC(=O)[C@H](CC(C)C)NC(=O)[C@H]1O[C@@H]1C(=O)Oc1ccc2[nH]cc(CCNC(=O)OCc3ccccc3)c2c1. The smallest absolute Gasteiger partial charge is 0.407 e. The molecule has 1 fully saturated rings. The molecule has 0 unspecified atom stereocenters. The molecule has 1 aliphatic rings. The minimum absolute atomic E-state index is 0.175. The molecule has 3 atom stereocenters. The number of aromatic nitrogens is 1. The molecular formula is C33H42N4O7. The van der Waals surface area contributed by atoms with Crippen molar-refractivity contribution in [1.29, 1.82) is 0 Å². The summed E-state index contributed by atoms with van der Waals surface area (Å²) in [5.74, 6) is -0.531. The zero-order valence-corrected chi connectivity index (χ0v) is 25.7. The maximum absolute atomic E-state index is 12.8. The lowest BCUT2D eigenvalue weighted by atomic mass is 10.0. The number of fused-ring (bicyclic) bond motifs is 1. The second kappa shape index (κ2) is 15.4. The number of carbonyl (C=O) groups is 4. The fourth-order valence-electron chi connectivity index (χ4n) is 4.73. The van der Waals surface area contributed by atoms with E-state index in [0.29, 0.717) is 37.6 Å². The van der Waals surface area contributed by atoms with Crippen molar-refractivity contribution in [2.75, 3.05) is 13.1 Å². The Labute approximate surface area is 257 Å². The summed E-state index contributed by atoms with van der Waals surface area (Å²) in [7, 11) is 0. The second-order valence-corrected chi connectivity index (χ2v) is 11.8. The van der Waals surface area contributed by atoms with Crippen LogP contribution in [0.1, 0.15) is 51.7 Å². The van der Waals surface area contributed by atoms with Gasteiger partial charge in [0.15, 0.2) is 12.2 Å². The average molecular weight is 607 g/mol. The van der Waals surface area contributed by atoms with Crippen molar-refractivity contribution >= 4 is 34.8 Å². The predicted octanol–water partition coefficient (Wildman–Crippen LogP) is 4.00. The highest BCUT2D eigenvalue weighted by atomic mass is 16.6. The molecule has 0 saturated carbocycles. The first-order valence-electron chi connectivity index (χ1n) is 15.1. The Balaban J connectivity index is 1.26. The fourth-order valence-corrected chi connectivity index (χ4v) is 4.73. The molecule has 0 spiro atoms. The number of carbonyl (C=O) groups excluding carboxylic acids is 4. The number of hydrogen-bond donors (Lipinski definition) is 4. The van der Waals surface area contributed by atoms with Crippen LogP contribution in [0.15, 0.2) is 54.7 Å². The van der Waals surface area contributed by atoms with Crippen LogP contribution in [0.5, 0.6) is 5.75 Å². The number of amides is 3. The van der Waals surface area contributed by atoms with Crippen LogP contribution >= 0.6 is 0 Å². The van der Waals surface area contributed by atoms with Crippen LogP contribution < -0.4 is 20.7 Å². The number of esters is 1. The number of ether oxygens (including phenoxy) is 3. The summed E-state index contributed by atoms with van der Waals surface area (Å²) in [4.78, 5) is 53.6. The van der Waals surface area contributed by atoms with Gasteiger partial charge in [-0.2, -0.15) is 0 Å². The van der Waals surface area contributed by atoms with Crippen LogP contribution in [0.25, 0.3) is 10.9 Å². The van der Waals surface area contributed by atoms with Gasteiger partial charge in [-0.15, -0.1) is 0 Å². The molecule has 3 amide bonds. The minimum Gasteiger partial charge on any atom is -0.445 e. The van der Waals surface area contributed by atoms with Gasteiger partial charge in [0.05, 0.1) is 0 Å². The van der Waals surface area contributed by atoms with Crippen LogP contribution in [0.2, 0.25) is 0 Å². The summed E-state index contributed by atoms with van der Waals surface area (Å²) >= 11 is 0. The maximum atomic E-state index is 12.8. The Morgan fingerprint density at radius 1 is 0.932 bits per heavy atom. The predicted molar refractivity (Wildman–Crippen MR) is 165 cm³/mol. The largest absolute Gasteiger partial charge is 0.445 e. The average Bonchev–Trinajstić information content (AvgIpc) is 3.71. The Kier molecular flexibility index (Phi) is 11.4. The maximum Gasteiger partial charge on any atom is 0.407 e. The molecule has 11 nitrogen and oxygen atoms in total. The number of epoxide rings is 1. The minimum atomic E-state index is -1.05. The van der Waals surface area contributed by atoms with Crippen molar-refractivity contribution in [3.05, 3.63) is 65.9 Å². The molecular weight excluding hydrogens is 564 g/mol. The lowest BCUT2D eigenvalue weighted by Gasteiger charge is -2.20. The molecule has 11 heteroatoms. The number of aromatic amines is 1. The summed E-state index contributed by atoms with van der Waals surface area (Å²) in [6.07, 6.45) is 1.09. The van der Waals surface area contributed by atoms with Crippen molar-refractivity contribution in [2.45, 2.75) is 71.8 Å². The van der Waals surface area contributed by atoms with E-state index in [1.54, 1.807) is 18.2 Å². The van der Waals surface area contributed by atoms with Gasteiger partial charge in [0.2, 0.25) is 5.91 Å². The van der Waals surface area contributed by atoms with E-state index < -0.39 is 36.2 Å². The number of benzene rings is 2. The third kappa shape index (κ3) is 9.57. The third-order valence-corrected chi connectivity index (χ3v) is 7.18. The van der Waals surface area contributed by atoms with Crippen molar-refractivity contribution in [1.82, 2.24) is 20.9 Å². The van der Waals surface area contributed by atoms with Crippen LogP contribution in [0.3, 0.4) is 0 Å². The van der Waals surface area contributed by atoms with E-state index in [1.165, 1.54) is 0 Å². The van der Waals surface area contributed by atoms with Crippen molar-refractivity contribution < 1.29 is 33.4 Å². The molecule has 2 aromatic carbocycles. The summed E-state index contributed by atoms with van der Waals surface area (Å²) in [6, 6.07) is 13.9.